The lowest BCUT2D eigenvalue weighted by Crippen LogP contribution is -2.06. The molecule has 1 heterocycles. The molecule has 0 atom stereocenters. The largest absolute Gasteiger partial charge is 0.455 e. The number of carbonyl (C=O) groups is 1. The molecule has 0 N–H and O–H groups in total. The number of hydrogen-bond donors (Lipinski definition) is 0. The number of alkyl halides is 3. The fraction of sp³-hybridized carbons (Fsp3) is 0.222. The fourth-order valence-electron chi connectivity index (χ4n) is 2.38. The Kier molecular flexibility index (Phi) is 5.24. The standard InChI is InChI=1S/C18H14F3NO3S/c1-24-9-11-3-2-4-12(7-11)17(23)25-10-16-22-14-8-13(18(19,20)21)5-6-15(14)26-16/h2-8H,9-10H2,1H3. The van der Waals surface area contributed by atoms with Crippen LogP contribution in [0.4, 0.5) is 13.2 Å². The number of benzene rings is 2. The van der Waals surface area contributed by atoms with Crippen LogP contribution in [-0.4, -0.2) is 18.1 Å². The van der Waals surface area contributed by atoms with Crippen LogP contribution in [-0.2, 0) is 28.9 Å². The number of esters is 1. The summed E-state index contributed by atoms with van der Waals surface area (Å²) >= 11 is 1.19. The van der Waals surface area contributed by atoms with Crippen molar-refractivity contribution in [2.45, 2.75) is 19.4 Å². The summed E-state index contributed by atoms with van der Waals surface area (Å²) in [6, 6.07) is 10.2. The Labute approximate surface area is 151 Å². The Morgan fingerprint density at radius 1 is 1.15 bits per heavy atom. The van der Waals surface area contributed by atoms with Crippen molar-refractivity contribution in [1.82, 2.24) is 4.98 Å². The van der Waals surface area contributed by atoms with Crippen molar-refractivity contribution in [3.63, 3.8) is 0 Å². The van der Waals surface area contributed by atoms with Gasteiger partial charge in [0.25, 0.3) is 0 Å². The quantitative estimate of drug-likeness (QED) is 0.595. The zero-order chi connectivity index (χ0) is 18.7. The van der Waals surface area contributed by atoms with Gasteiger partial charge < -0.3 is 9.47 Å². The van der Waals surface area contributed by atoms with Crippen LogP contribution in [0.3, 0.4) is 0 Å². The first-order valence-corrected chi connectivity index (χ1v) is 8.40. The maximum absolute atomic E-state index is 12.7. The maximum atomic E-state index is 12.7. The van der Waals surface area contributed by atoms with E-state index in [1.165, 1.54) is 17.4 Å². The molecule has 0 radical (unpaired) electrons. The van der Waals surface area contributed by atoms with Gasteiger partial charge in [0.05, 0.1) is 28.0 Å². The van der Waals surface area contributed by atoms with E-state index >= 15 is 0 Å². The molecule has 0 spiro atoms. The molecule has 0 bridgehead atoms. The third-order valence-corrected chi connectivity index (χ3v) is 4.57. The summed E-state index contributed by atoms with van der Waals surface area (Å²) in [4.78, 5) is 16.3. The summed E-state index contributed by atoms with van der Waals surface area (Å²) < 4.78 is 49.1. The van der Waals surface area contributed by atoms with Gasteiger partial charge in [0.15, 0.2) is 0 Å². The average molecular weight is 381 g/mol. The van der Waals surface area contributed by atoms with E-state index in [1.54, 1.807) is 25.3 Å². The molecule has 2 aromatic carbocycles. The van der Waals surface area contributed by atoms with Crippen molar-refractivity contribution in [3.8, 4) is 0 Å². The topological polar surface area (TPSA) is 48.4 Å². The molecule has 1 aromatic heterocycles. The Morgan fingerprint density at radius 3 is 2.69 bits per heavy atom. The Hall–Kier alpha value is -2.45. The summed E-state index contributed by atoms with van der Waals surface area (Å²) in [5.74, 6) is -0.529. The molecule has 0 saturated carbocycles. The number of methoxy groups -OCH3 is 1. The molecule has 3 aromatic rings. The molecule has 8 heteroatoms. The maximum Gasteiger partial charge on any atom is 0.416 e. The van der Waals surface area contributed by atoms with Crippen molar-refractivity contribution in [1.29, 1.82) is 0 Å². The second-order valence-electron chi connectivity index (χ2n) is 5.50. The lowest BCUT2D eigenvalue weighted by molar-refractivity contribution is -0.137. The molecule has 3 rings (SSSR count). The third kappa shape index (κ3) is 4.20. The minimum Gasteiger partial charge on any atom is -0.455 e. The molecular formula is C18H14F3NO3S. The van der Waals surface area contributed by atoms with Gasteiger partial charge in [0.2, 0.25) is 0 Å². The van der Waals surface area contributed by atoms with Crippen LogP contribution in [0.2, 0.25) is 0 Å². The Balaban J connectivity index is 1.71. The molecule has 0 aliphatic heterocycles. The van der Waals surface area contributed by atoms with Crippen molar-refractivity contribution in [2.24, 2.45) is 0 Å². The number of rotatable bonds is 5. The number of ether oxygens (including phenoxy) is 2. The van der Waals surface area contributed by atoms with Gasteiger partial charge in [-0.1, -0.05) is 12.1 Å². The minimum absolute atomic E-state index is 0.103. The predicted molar refractivity (Wildman–Crippen MR) is 90.9 cm³/mol. The summed E-state index contributed by atoms with van der Waals surface area (Å²) in [6.45, 7) is 0.272. The highest BCUT2D eigenvalue weighted by atomic mass is 32.1. The normalized spacial score (nSPS) is 11.7. The Morgan fingerprint density at radius 2 is 1.96 bits per heavy atom. The second-order valence-corrected chi connectivity index (χ2v) is 6.61. The molecular weight excluding hydrogens is 367 g/mol. The summed E-state index contributed by atoms with van der Waals surface area (Å²) in [6.07, 6.45) is -4.42. The summed E-state index contributed by atoms with van der Waals surface area (Å²) in [5, 5.41) is 0.431. The van der Waals surface area contributed by atoms with Crippen LogP contribution in [0.25, 0.3) is 10.2 Å². The van der Waals surface area contributed by atoms with E-state index in [0.29, 0.717) is 21.9 Å². The highest BCUT2D eigenvalue weighted by Crippen LogP contribution is 2.33. The number of fused-ring (bicyclic) bond motifs is 1. The summed E-state index contributed by atoms with van der Waals surface area (Å²) in [7, 11) is 1.56. The van der Waals surface area contributed by atoms with Gasteiger partial charge in [-0.05, 0) is 35.9 Å². The highest BCUT2D eigenvalue weighted by Gasteiger charge is 2.30. The van der Waals surface area contributed by atoms with Gasteiger partial charge in [0, 0.05) is 7.11 Å². The van der Waals surface area contributed by atoms with E-state index in [9.17, 15) is 18.0 Å². The minimum atomic E-state index is -4.42. The summed E-state index contributed by atoms with van der Waals surface area (Å²) in [5.41, 5.74) is 0.688. The Bertz CT molecular complexity index is 937. The van der Waals surface area contributed by atoms with Crippen LogP contribution in [0, 0.1) is 0 Å². The average Bonchev–Trinajstić information content (AvgIpc) is 3.01. The molecule has 0 fully saturated rings. The zero-order valence-corrected chi connectivity index (χ0v) is 14.5. The SMILES string of the molecule is COCc1cccc(C(=O)OCc2nc3cc(C(F)(F)F)ccc3s2)c1. The lowest BCUT2D eigenvalue weighted by Gasteiger charge is -2.05. The van der Waals surface area contributed by atoms with E-state index in [0.717, 1.165) is 17.7 Å². The first kappa shape index (κ1) is 18.3. The van der Waals surface area contributed by atoms with E-state index in [-0.39, 0.29) is 12.1 Å². The number of nitrogens with zero attached hydrogens (tertiary/aromatic N) is 1. The molecule has 0 aliphatic rings. The predicted octanol–water partition coefficient (Wildman–Crippen LogP) is 4.82. The number of halogens is 3. The second kappa shape index (κ2) is 7.43. The molecule has 26 heavy (non-hydrogen) atoms. The monoisotopic (exact) mass is 381 g/mol. The molecule has 0 amide bonds. The van der Waals surface area contributed by atoms with E-state index in [2.05, 4.69) is 4.98 Å². The number of hydrogen-bond acceptors (Lipinski definition) is 5. The fourth-order valence-corrected chi connectivity index (χ4v) is 3.24. The van der Waals surface area contributed by atoms with Crippen molar-refractivity contribution < 1.29 is 27.4 Å². The van der Waals surface area contributed by atoms with Crippen molar-refractivity contribution in [2.75, 3.05) is 7.11 Å². The lowest BCUT2D eigenvalue weighted by atomic mass is 10.1. The zero-order valence-electron chi connectivity index (χ0n) is 13.7. The van der Waals surface area contributed by atoms with Crippen LogP contribution in [0.1, 0.15) is 26.5 Å². The molecule has 136 valence electrons. The number of carbonyl (C=O) groups excluding carboxylic acids is 1. The highest BCUT2D eigenvalue weighted by molar-refractivity contribution is 7.18. The van der Waals surface area contributed by atoms with Gasteiger partial charge in [-0.3, -0.25) is 0 Å². The van der Waals surface area contributed by atoms with E-state index in [4.69, 9.17) is 9.47 Å². The molecule has 0 aliphatic carbocycles. The van der Waals surface area contributed by atoms with E-state index < -0.39 is 17.7 Å². The van der Waals surface area contributed by atoms with Gasteiger partial charge in [-0.2, -0.15) is 13.2 Å². The van der Waals surface area contributed by atoms with Crippen LogP contribution in [0.15, 0.2) is 42.5 Å². The van der Waals surface area contributed by atoms with Crippen LogP contribution < -0.4 is 0 Å². The number of thiazole rings is 1. The number of aromatic nitrogens is 1. The van der Waals surface area contributed by atoms with Crippen LogP contribution >= 0.6 is 11.3 Å². The smallest absolute Gasteiger partial charge is 0.416 e. The van der Waals surface area contributed by atoms with E-state index in [1.807, 2.05) is 6.07 Å². The molecule has 0 unspecified atom stereocenters. The first-order valence-electron chi connectivity index (χ1n) is 7.58. The molecule has 0 saturated heterocycles. The van der Waals surface area contributed by atoms with Gasteiger partial charge in [-0.25, -0.2) is 9.78 Å². The van der Waals surface area contributed by atoms with Gasteiger partial charge >= 0.3 is 12.1 Å². The first-order chi connectivity index (χ1) is 12.4. The van der Waals surface area contributed by atoms with Crippen molar-refractivity contribution >= 4 is 27.5 Å². The van der Waals surface area contributed by atoms with Gasteiger partial charge in [-0.15, -0.1) is 11.3 Å². The van der Waals surface area contributed by atoms with Crippen molar-refractivity contribution in [3.05, 3.63) is 64.2 Å². The third-order valence-electron chi connectivity index (χ3n) is 3.56. The molecule has 4 nitrogen and oxygen atoms in total. The van der Waals surface area contributed by atoms with Crippen LogP contribution in [0.5, 0.6) is 0 Å². The van der Waals surface area contributed by atoms with Gasteiger partial charge in [0.1, 0.15) is 11.6 Å².